The van der Waals surface area contributed by atoms with Crippen molar-refractivity contribution >= 4 is 28.6 Å². The quantitative estimate of drug-likeness (QED) is 0.613. The summed E-state index contributed by atoms with van der Waals surface area (Å²) in [5.41, 5.74) is 0.209. The third-order valence-corrected chi connectivity index (χ3v) is 3.42. The summed E-state index contributed by atoms with van der Waals surface area (Å²) in [7, 11) is 0. The first-order valence-electron chi connectivity index (χ1n) is 6.00. The molecule has 4 nitrogen and oxygen atoms in total. The number of hydrogen-bond acceptors (Lipinski definition) is 3. The van der Waals surface area contributed by atoms with Gasteiger partial charge in [-0.1, -0.05) is 18.2 Å². The molecule has 5 heteroatoms. The second kappa shape index (κ2) is 7.14. The van der Waals surface area contributed by atoms with Gasteiger partial charge in [-0.15, -0.1) is 0 Å². The van der Waals surface area contributed by atoms with Crippen LogP contribution in [0.5, 0.6) is 11.5 Å². The number of hydrogen-bond donors (Lipinski definition) is 1. The molecule has 0 fully saturated rings. The topological polar surface area (TPSA) is 55.8 Å². The van der Waals surface area contributed by atoms with E-state index in [4.69, 9.17) is 14.6 Å². The largest absolute Gasteiger partial charge is 0.490 e. The van der Waals surface area contributed by atoms with Crippen LogP contribution in [0.2, 0.25) is 0 Å². The second-order valence-corrected chi connectivity index (χ2v) is 5.12. The Hall–Kier alpha value is -1.76. The Labute approximate surface area is 130 Å². The number of carbonyl (C=O) groups is 1. The van der Waals surface area contributed by atoms with Crippen LogP contribution in [-0.4, -0.2) is 24.3 Å². The smallest absolute Gasteiger partial charge is 0.335 e. The highest BCUT2D eigenvalue weighted by atomic mass is 127. The standard InChI is InChI=1S/C15H13IO4/c16-13-6-1-2-7-14(13)20-9-8-19-12-5-3-4-11(10-12)15(17)18/h1-7,10H,8-9H2,(H,17,18). The molecule has 2 aromatic rings. The molecule has 0 aliphatic heterocycles. The van der Waals surface area contributed by atoms with Gasteiger partial charge in [0.2, 0.25) is 0 Å². The molecule has 0 aromatic heterocycles. The number of halogens is 1. The van der Waals surface area contributed by atoms with Crippen molar-refractivity contribution in [3.63, 3.8) is 0 Å². The molecule has 0 saturated heterocycles. The SMILES string of the molecule is O=C(O)c1cccc(OCCOc2ccccc2I)c1. The summed E-state index contributed by atoms with van der Waals surface area (Å²) >= 11 is 2.20. The third kappa shape index (κ3) is 4.12. The first-order chi connectivity index (χ1) is 9.66. The molecule has 0 radical (unpaired) electrons. The van der Waals surface area contributed by atoms with E-state index in [-0.39, 0.29) is 5.56 Å². The van der Waals surface area contributed by atoms with Gasteiger partial charge in [-0.05, 0) is 52.9 Å². The summed E-state index contributed by atoms with van der Waals surface area (Å²) in [4.78, 5) is 10.8. The van der Waals surface area contributed by atoms with E-state index in [9.17, 15) is 4.79 Å². The molecule has 0 unspecified atom stereocenters. The molecule has 2 rings (SSSR count). The number of carboxylic acid groups (broad SMARTS) is 1. The van der Waals surface area contributed by atoms with Crippen molar-refractivity contribution in [2.75, 3.05) is 13.2 Å². The molecule has 0 aliphatic carbocycles. The number of rotatable bonds is 6. The summed E-state index contributed by atoms with van der Waals surface area (Å²) in [6.07, 6.45) is 0. The highest BCUT2D eigenvalue weighted by Crippen LogP contribution is 2.19. The monoisotopic (exact) mass is 384 g/mol. The zero-order valence-electron chi connectivity index (χ0n) is 10.6. The van der Waals surface area contributed by atoms with E-state index < -0.39 is 5.97 Å². The van der Waals surface area contributed by atoms with Crippen LogP contribution < -0.4 is 9.47 Å². The minimum Gasteiger partial charge on any atom is -0.490 e. The van der Waals surface area contributed by atoms with Gasteiger partial charge in [-0.3, -0.25) is 0 Å². The van der Waals surface area contributed by atoms with Crippen LogP contribution in [-0.2, 0) is 0 Å². The lowest BCUT2D eigenvalue weighted by Crippen LogP contribution is -2.10. The molecule has 104 valence electrons. The summed E-state index contributed by atoms with van der Waals surface area (Å²) in [6.45, 7) is 0.755. The number of benzene rings is 2. The van der Waals surface area contributed by atoms with Crippen molar-refractivity contribution in [2.24, 2.45) is 0 Å². The summed E-state index contributed by atoms with van der Waals surface area (Å²) in [5.74, 6) is 0.373. The van der Waals surface area contributed by atoms with E-state index in [1.165, 1.54) is 12.1 Å². The van der Waals surface area contributed by atoms with E-state index in [1.54, 1.807) is 12.1 Å². The first kappa shape index (κ1) is 14.6. The van der Waals surface area contributed by atoms with E-state index in [0.29, 0.717) is 19.0 Å². The van der Waals surface area contributed by atoms with Crippen LogP contribution in [0.1, 0.15) is 10.4 Å². The molecular formula is C15H13IO4. The highest BCUT2D eigenvalue weighted by Gasteiger charge is 2.04. The average molecular weight is 384 g/mol. The van der Waals surface area contributed by atoms with Gasteiger partial charge in [-0.2, -0.15) is 0 Å². The highest BCUT2D eigenvalue weighted by molar-refractivity contribution is 14.1. The predicted octanol–water partition coefficient (Wildman–Crippen LogP) is 3.45. The van der Waals surface area contributed by atoms with Gasteiger partial charge in [0.25, 0.3) is 0 Å². The van der Waals surface area contributed by atoms with Crippen LogP contribution in [0.15, 0.2) is 48.5 Å². The zero-order chi connectivity index (χ0) is 14.4. The van der Waals surface area contributed by atoms with Gasteiger partial charge in [0.05, 0.1) is 9.13 Å². The van der Waals surface area contributed by atoms with Crippen molar-refractivity contribution in [1.82, 2.24) is 0 Å². The number of aromatic carboxylic acids is 1. The van der Waals surface area contributed by atoms with Crippen molar-refractivity contribution in [3.8, 4) is 11.5 Å². The maximum absolute atomic E-state index is 10.8. The fraction of sp³-hybridized carbons (Fsp3) is 0.133. The maximum Gasteiger partial charge on any atom is 0.335 e. The minimum absolute atomic E-state index is 0.209. The van der Waals surface area contributed by atoms with Gasteiger partial charge in [0.1, 0.15) is 24.7 Å². The molecule has 0 amide bonds. The molecule has 2 aromatic carbocycles. The van der Waals surface area contributed by atoms with E-state index >= 15 is 0 Å². The van der Waals surface area contributed by atoms with Crippen molar-refractivity contribution < 1.29 is 19.4 Å². The predicted molar refractivity (Wildman–Crippen MR) is 83.6 cm³/mol. The Bertz CT molecular complexity index is 598. The van der Waals surface area contributed by atoms with Gasteiger partial charge in [0, 0.05) is 0 Å². The molecule has 0 atom stereocenters. The lowest BCUT2D eigenvalue weighted by Gasteiger charge is -2.09. The lowest BCUT2D eigenvalue weighted by molar-refractivity contribution is 0.0696. The zero-order valence-corrected chi connectivity index (χ0v) is 12.7. The first-order valence-corrected chi connectivity index (χ1v) is 7.08. The summed E-state index contributed by atoms with van der Waals surface area (Å²) in [6, 6.07) is 14.1. The van der Waals surface area contributed by atoms with Crippen LogP contribution in [0.25, 0.3) is 0 Å². The molecular weight excluding hydrogens is 371 g/mol. The van der Waals surface area contributed by atoms with Crippen molar-refractivity contribution in [1.29, 1.82) is 0 Å². The average Bonchev–Trinajstić information content (AvgIpc) is 2.45. The Morgan fingerprint density at radius 1 is 1.05 bits per heavy atom. The van der Waals surface area contributed by atoms with Gasteiger partial charge >= 0.3 is 5.97 Å². The normalized spacial score (nSPS) is 10.1. The van der Waals surface area contributed by atoms with Crippen molar-refractivity contribution in [3.05, 3.63) is 57.7 Å². The van der Waals surface area contributed by atoms with E-state index in [1.807, 2.05) is 24.3 Å². The third-order valence-electron chi connectivity index (χ3n) is 2.53. The van der Waals surface area contributed by atoms with Crippen molar-refractivity contribution in [2.45, 2.75) is 0 Å². The van der Waals surface area contributed by atoms with Crippen LogP contribution in [0.4, 0.5) is 0 Å². The maximum atomic E-state index is 10.8. The second-order valence-electron chi connectivity index (χ2n) is 3.96. The summed E-state index contributed by atoms with van der Waals surface area (Å²) < 4.78 is 12.1. The molecule has 0 spiro atoms. The molecule has 20 heavy (non-hydrogen) atoms. The Morgan fingerprint density at radius 3 is 2.55 bits per heavy atom. The van der Waals surface area contributed by atoms with Gasteiger partial charge in [0.15, 0.2) is 0 Å². The molecule has 0 aliphatic rings. The summed E-state index contributed by atoms with van der Waals surface area (Å²) in [5, 5.41) is 8.88. The number of para-hydroxylation sites is 1. The molecule has 1 N–H and O–H groups in total. The lowest BCUT2D eigenvalue weighted by atomic mass is 10.2. The minimum atomic E-state index is -0.967. The number of carboxylic acids is 1. The number of ether oxygens (including phenoxy) is 2. The molecule has 0 bridgehead atoms. The van der Waals surface area contributed by atoms with Crippen LogP contribution >= 0.6 is 22.6 Å². The molecule has 0 saturated carbocycles. The Kier molecular flexibility index (Phi) is 5.23. The van der Waals surface area contributed by atoms with Crippen LogP contribution in [0.3, 0.4) is 0 Å². The van der Waals surface area contributed by atoms with E-state index in [2.05, 4.69) is 22.6 Å². The van der Waals surface area contributed by atoms with Crippen LogP contribution in [0, 0.1) is 3.57 Å². The Balaban J connectivity index is 1.83. The van der Waals surface area contributed by atoms with Gasteiger partial charge in [-0.25, -0.2) is 4.79 Å². The fourth-order valence-electron chi connectivity index (χ4n) is 1.59. The Morgan fingerprint density at radius 2 is 1.80 bits per heavy atom. The molecule has 0 heterocycles. The van der Waals surface area contributed by atoms with E-state index in [0.717, 1.165) is 9.32 Å². The van der Waals surface area contributed by atoms with Gasteiger partial charge < -0.3 is 14.6 Å². The fourth-order valence-corrected chi connectivity index (χ4v) is 2.13.